The van der Waals surface area contributed by atoms with Gasteiger partial charge in [0, 0.05) is 13.0 Å². The lowest BCUT2D eigenvalue weighted by Crippen LogP contribution is -2.64. The Morgan fingerprint density at radius 3 is 1.50 bits per heavy atom. The second-order valence-corrected chi connectivity index (χ2v) is 14.1. The van der Waals surface area contributed by atoms with Crippen LogP contribution in [0.4, 0.5) is 0 Å². The van der Waals surface area contributed by atoms with Crippen molar-refractivity contribution in [3.63, 3.8) is 0 Å². The Labute approximate surface area is 276 Å². The molecule has 0 aromatic rings. The Kier molecular flexibility index (Phi) is 24.7. The molecule has 1 saturated carbocycles. The minimum atomic E-state index is -4.99. The van der Waals surface area contributed by atoms with E-state index in [4.69, 9.17) is 18.5 Å². The van der Waals surface area contributed by atoms with Crippen LogP contribution in [0.15, 0.2) is 0 Å². The van der Waals surface area contributed by atoms with Crippen LogP contribution in [0, 0.1) is 0 Å². The van der Waals surface area contributed by atoms with Crippen molar-refractivity contribution >= 4 is 13.8 Å². The van der Waals surface area contributed by atoms with Crippen LogP contribution in [0.25, 0.3) is 0 Å². The molecule has 0 spiro atoms. The number of unbranched alkanes of at least 4 members (excludes halogenated alkanes) is 17. The number of esters is 1. The number of aliphatic hydroxyl groups is 5. The van der Waals surface area contributed by atoms with E-state index in [0.29, 0.717) is 13.0 Å². The largest absolute Gasteiger partial charge is 0.472 e. The van der Waals surface area contributed by atoms with Crippen LogP contribution in [0.2, 0.25) is 0 Å². The Bertz CT molecular complexity index is 787. The second-order valence-electron chi connectivity index (χ2n) is 12.7. The number of carbonyl (C=O) groups excluding carboxylic acids is 1. The maximum atomic E-state index is 12.7. The number of ether oxygens (including phenoxy) is 2. The van der Waals surface area contributed by atoms with Gasteiger partial charge in [0.15, 0.2) is 0 Å². The van der Waals surface area contributed by atoms with Crippen LogP contribution in [-0.4, -0.2) is 98.9 Å². The number of phosphoric ester groups is 1. The zero-order valence-corrected chi connectivity index (χ0v) is 29.3. The van der Waals surface area contributed by atoms with Crippen LogP contribution < -0.4 is 0 Å². The lowest BCUT2D eigenvalue weighted by Gasteiger charge is -2.41. The van der Waals surface area contributed by atoms with Crippen molar-refractivity contribution in [2.24, 2.45) is 0 Å². The first-order valence-corrected chi connectivity index (χ1v) is 19.4. The molecule has 6 N–H and O–H groups in total. The molecule has 1 fully saturated rings. The van der Waals surface area contributed by atoms with Gasteiger partial charge in [0.05, 0.1) is 13.2 Å². The van der Waals surface area contributed by atoms with Gasteiger partial charge >= 0.3 is 13.8 Å². The number of carbonyl (C=O) groups is 1. The van der Waals surface area contributed by atoms with Gasteiger partial charge in [-0.2, -0.15) is 0 Å². The SMILES string of the molecule is CCCCCCCCCCCCCOCC(COP(=O)(O)OC1C(O)C(O)C(O)C(O)C1O)OC(=O)CCCCCCCCCC. The Morgan fingerprint density at radius 2 is 1.02 bits per heavy atom. The summed E-state index contributed by atoms with van der Waals surface area (Å²) in [5.74, 6) is -0.482. The first kappa shape index (κ1) is 43.4. The third-order valence-electron chi connectivity index (χ3n) is 8.48. The molecule has 274 valence electrons. The van der Waals surface area contributed by atoms with E-state index in [1.54, 1.807) is 0 Å². The Hall–Kier alpha value is -0.660. The minimum absolute atomic E-state index is 0.0702. The smallest absolute Gasteiger partial charge is 0.457 e. The maximum absolute atomic E-state index is 12.7. The van der Waals surface area contributed by atoms with E-state index in [-0.39, 0.29) is 13.0 Å². The summed E-state index contributed by atoms with van der Waals surface area (Å²) in [4.78, 5) is 22.8. The standard InChI is InChI=1S/C33H65O12P/c1-3-5-7-9-11-13-14-15-17-19-21-23-42-24-26(44-27(34)22-20-18-16-12-10-8-6-4-2)25-43-46(40,41)45-33-31(38)29(36)28(35)30(37)32(33)39/h26,28-33,35-39H,3-25H2,1-2H3,(H,40,41). The lowest BCUT2D eigenvalue weighted by atomic mass is 9.85. The zero-order valence-electron chi connectivity index (χ0n) is 28.4. The van der Waals surface area contributed by atoms with Gasteiger partial charge in [-0.05, 0) is 12.8 Å². The Balaban J connectivity index is 2.51. The normalized spacial score (nSPS) is 25.3. The van der Waals surface area contributed by atoms with E-state index in [9.17, 15) is 39.8 Å². The predicted molar refractivity (Wildman–Crippen MR) is 175 cm³/mol. The fraction of sp³-hybridized carbons (Fsp3) is 0.970. The molecular weight excluding hydrogens is 619 g/mol. The summed E-state index contributed by atoms with van der Waals surface area (Å²) in [7, 11) is -4.99. The maximum Gasteiger partial charge on any atom is 0.472 e. The summed E-state index contributed by atoms with van der Waals surface area (Å²) in [6, 6.07) is 0. The number of hydrogen-bond donors (Lipinski definition) is 6. The molecule has 0 saturated heterocycles. The van der Waals surface area contributed by atoms with Crippen LogP contribution in [0.3, 0.4) is 0 Å². The lowest BCUT2D eigenvalue weighted by molar-refractivity contribution is -0.220. The van der Waals surface area contributed by atoms with Crippen molar-refractivity contribution in [3.05, 3.63) is 0 Å². The molecule has 1 aliphatic rings. The summed E-state index contributed by atoms with van der Waals surface area (Å²) in [5, 5.41) is 49.8. The molecule has 0 amide bonds. The van der Waals surface area contributed by atoms with Crippen LogP contribution in [0.5, 0.6) is 0 Å². The molecule has 12 nitrogen and oxygen atoms in total. The van der Waals surface area contributed by atoms with Crippen LogP contribution in [-0.2, 0) is 27.9 Å². The molecular formula is C33H65O12P. The zero-order chi connectivity index (χ0) is 34.2. The molecule has 0 heterocycles. The predicted octanol–water partition coefficient (Wildman–Crippen LogP) is 5.08. The van der Waals surface area contributed by atoms with Crippen molar-refractivity contribution in [2.45, 2.75) is 185 Å². The Morgan fingerprint density at radius 1 is 0.609 bits per heavy atom. The van der Waals surface area contributed by atoms with Crippen molar-refractivity contribution in [1.82, 2.24) is 0 Å². The molecule has 46 heavy (non-hydrogen) atoms. The van der Waals surface area contributed by atoms with Crippen molar-refractivity contribution in [2.75, 3.05) is 19.8 Å². The van der Waals surface area contributed by atoms with Crippen molar-refractivity contribution in [3.8, 4) is 0 Å². The first-order valence-electron chi connectivity index (χ1n) is 17.9. The highest BCUT2D eigenvalue weighted by Gasteiger charge is 2.51. The van der Waals surface area contributed by atoms with Gasteiger partial charge in [-0.25, -0.2) is 4.57 Å². The van der Waals surface area contributed by atoms with E-state index >= 15 is 0 Å². The summed E-state index contributed by atoms with van der Waals surface area (Å²) in [6.07, 6.45) is 9.24. The molecule has 1 aliphatic carbocycles. The van der Waals surface area contributed by atoms with Gasteiger partial charge in [-0.3, -0.25) is 13.8 Å². The van der Waals surface area contributed by atoms with E-state index < -0.39 is 63.1 Å². The molecule has 6 atom stereocenters. The van der Waals surface area contributed by atoms with Gasteiger partial charge in [0.25, 0.3) is 0 Å². The quantitative estimate of drug-likeness (QED) is 0.0348. The molecule has 13 heteroatoms. The van der Waals surface area contributed by atoms with Crippen molar-refractivity contribution in [1.29, 1.82) is 0 Å². The second kappa shape index (κ2) is 26.2. The van der Waals surface area contributed by atoms with Gasteiger partial charge in [0.1, 0.15) is 42.7 Å². The molecule has 0 radical (unpaired) electrons. The minimum Gasteiger partial charge on any atom is -0.457 e. The summed E-state index contributed by atoms with van der Waals surface area (Å²) >= 11 is 0. The van der Waals surface area contributed by atoms with Gasteiger partial charge in [0.2, 0.25) is 0 Å². The number of aliphatic hydroxyl groups excluding tert-OH is 5. The van der Waals surface area contributed by atoms with Gasteiger partial charge in [-0.15, -0.1) is 0 Å². The van der Waals surface area contributed by atoms with Crippen LogP contribution >= 0.6 is 7.82 Å². The number of phosphoric acid groups is 1. The average Bonchev–Trinajstić information content (AvgIpc) is 3.03. The molecule has 6 unspecified atom stereocenters. The monoisotopic (exact) mass is 684 g/mol. The summed E-state index contributed by atoms with van der Waals surface area (Å²) in [6.45, 7) is 4.18. The van der Waals surface area contributed by atoms with Gasteiger partial charge in [-0.1, -0.05) is 123 Å². The molecule has 0 aliphatic heterocycles. The van der Waals surface area contributed by atoms with Crippen molar-refractivity contribution < 1.29 is 58.3 Å². The van der Waals surface area contributed by atoms with E-state index in [0.717, 1.165) is 38.5 Å². The third kappa shape index (κ3) is 19.4. The van der Waals surface area contributed by atoms with Gasteiger partial charge < -0.3 is 39.9 Å². The molecule has 0 aromatic carbocycles. The fourth-order valence-corrected chi connectivity index (χ4v) is 6.50. The highest BCUT2D eigenvalue weighted by Crippen LogP contribution is 2.47. The third-order valence-corrected chi connectivity index (χ3v) is 9.47. The molecule has 1 rings (SSSR count). The van der Waals surface area contributed by atoms with E-state index in [1.807, 2.05) is 0 Å². The highest BCUT2D eigenvalue weighted by molar-refractivity contribution is 7.47. The summed E-state index contributed by atoms with van der Waals surface area (Å²) < 4.78 is 33.8. The average molecular weight is 685 g/mol. The van der Waals surface area contributed by atoms with E-state index in [1.165, 1.54) is 77.0 Å². The first-order chi connectivity index (χ1) is 22.0. The number of rotatable bonds is 29. The van der Waals surface area contributed by atoms with E-state index in [2.05, 4.69) is 13.8 Å². The van der Waals surface area contributed by atoms with Crippen LogP contribution in [0.1, 0.15) is 142 Å². The summed E-state index contributed by atoms with van der Waals surface area (Å²) in [5.41, 5.74) is 0. The molecule has 0 aromatic heterocycles. The number of hydrogen-bond acceptors (Lipinski definition) is 11. The topological polar surface area (TPSA) is 192 Å². The fourth-order valence-electron chi connectivity index (χ4n) is 5.53. The highest BCUT2D eigenvalue weighted by atomic mass is 31.2. The molecule has 0 bridgehead atoms.